The second-order valence-electron chi connectivity index (χ2n) is 8.80. The maximum Gasteiger partial charge on any atom is 0.245 e. The Kier molecular flexibility index (Phi) is 6.12. The smallest absolute Gasteiger partial charge is 0.245 e. The van der Waals surface area contributed by atoms with Crippen molar-refractivity contribution in [1.29, 1.82) is 0 Å². The first-order valence-corrected chi connectivity index (χ1v) is 11.2. The Bertz CT molecular complexity index is 1110. The number of nitrogens with zero attached hydrogens (tertiary/aromatic N) is 3. The van der Waals surface area contributed by atoms with Gasteiger partial charge in [-0.2, -0.15) is 5.10 Å². The molecule has 0 atom stereocenters. The number of aromatic nitrogens is 2. The van der Waals surface area contributed by atoms with Gasteiger partial charge in [0.2, 0.25) is 11.8 Å². The van der Waals surface area contributed by atoms with Crippen LogP contribution in [0.2, 0.25) is 0 Å². The Balaban J connectivity index is 1.70. The second kappa shape index (κ2) is 8.99. The van der Waals surface area contributed by atoms with E-state index >= 15 is 0 Å². The van der Waals surface area contributed by atoms with Gasteiger partial charge in [0, 0.05) is 17.5 Å². The fourth-order valence-corrected chi connectivity index (χ4v) is 3.87. The number of carbonyl (C=O) groups is 2. The molecule has 1 saturated carbocycles. The van der Waals surface area contributed by atoms with Gasteiger partial charge >= 0.3 is 0 Å². The van der Waals surface area contributed by atoms with Gasteiger partial charge in [0.05, 0.1) is 11.4 Å². The van der Waals surface area contributed by atoms with Gasteiger partial charge in [0.25, 0.3) is 0 Å². The van der Waals surface area contributed by atoms with Crippen LogP contribution in [0.25, 0.3) is 16.8 Å². The van der Waals surface area contributed by atoms with Gasteiger partial charge in [-0.3, -0.25) is 9.59 Å². The Morgan fingerprint density at radius 3 is 2.31 bits per heavy atom. The topological polar surface area (TPSA) is 67.2 Å². The highest BCUT2D eigenvalue weighted by atomic mass is 16.2. The van der Waals surface area contributed by atoms with Crippen LogP contribution in [-0.4, -0.2) is 39.1 Å². The number of aryl methyl sites for hydroxylation is 2. The molecule has 2 aromatic carbocycles. The summed E-state index contributed by atoms with van der Waals surface area (Å²) in [6.07, 6.45) is 1.84. The van der Waals surface area contributed by atoms with Crippen LogP contribution in [0.5, 0.6) is 0 Å². The molecule has 0 spiro atoms. The molecule has 0 unspecified atom stereocenters. The van der Waals surface area contributed by atoms with Crippen LogP contribution >= 0.6 is 0 Å². The van der Waals surface area contributed by atoms with Gasteiger partial charge in [0.15, 0.2) is 0 Å². The minimum Gasteiger partial charge on any atom is -0.331 e. The number of hydrogen-bond donors (Lipinski definition) is 1. The fourth-order valence-electron chi connectivity index (χ4n) is 3.87. The fraction of sp³-hybridized carbons (Fsp3) is 0.346. The zero-order chi connectivity index (χ0) is 22.8. The molecule has 32 heavy (non-hydrogen) atoms. The number of carbonyl (C=O) groups excluding carboxylic acids is 2. The number of rotatable bonds is 7. The number of anilines is 1. The third-order valence-corrected chi connectivity index (χ3v) is 5.81. The van der Waals surface area contributed by atoms with Crippen molar-refractivity contribution in [1.82, 2.24) is 14.7 Å². The Hall–Kier alpha value is -3.41. The lowest BCUT2D eigenvalue weighted by Crippen LogP contribution is -2.43. The summed E-state index contributed by atoms with van der Waals surface area (Å²) in [6.45, 7) is 7.90. The van der Waals surface area contributed by atoms with Crippen LogP contribution in [0.3, 0.4) is 0 Å². The van der Waals surface area contributed by atoms with E-state index in [1.807, 2.05) is 82.3 Å². The molecular formula is C26H30N4O2. The van der Waals surface area contributed by atoms with Crippen molar-refractivity contribution in [2.45, 2.75) is 46.6 Å². The molecule has 6 heteroatoms. The molecular weight excluding hydrogens is 400 g/mol. The number of nitrogens with one attached hydrogen (secondary N) is 1. The van der Waals surface area contributed by atoms with Gasteiger partial charge in [-0.05, 0) is 58.2 Å². The van der Waals surface area contributed by atoms with E-state index in [9.17, 15) is 9.59 Å². The zero-order valence-corrected chi connectivity index (χ0v) is 19.1. The lowest BCUT2D eigenvalue weighted by atomic mass is 10.1. The van der Waals surface area contributed by atoms with E-state index in [2.05, 4.69) is 5.32 Å². The predicted molar refractivity (Wildman–Crippen MR) is 127 cm³/mol. The van der Waals surface area contributed by atoms with Crippen LogP contribution in [0.1, 0.15) is 37.9 Å². The predicted octanol–water partition coefficient (Wildman–Crippen LogP) is 4.74. The first-order chi connectivity index (χ1) is 15.3. The second-order valence-corrected chi connectivity index (χ2v) is 8.80. The molecule has 0 aliphatic heterocycles. The molecule has 1 N–H and O–H groups in total. The number of amides is 2. The summed E-state index contributed by atoms with van der Waals surface area (Å²) in [5, 5.41) is 7.83. The van der Waals surface area contributed by atoms with E-state index < -0.39 is 0 Å². The quantitative estimate of drug-likeness (QED) is 0.589. The van der Waals surface area contributed by atoms with Crippen molar-refractivity contribution in [2.24, 2.45) is 5.92 Å². The molecule has 6 nitrogen and oxygen atoms in total. The summed E-state index contributed by atoms with van der Waals surface area (Å²) in [7, 11) is 0. The van der Waals surface area contributed by atoms with Gasteiger partial charge in [-0.1, -0.05) is 48.0 Å². The average molecular weight is 431 g/mol. The lowest BCUT2D eigenvalue weighted by Gasteiger charge is -2.26. The largest absolute Gasteiger partial charge is 0.331 e. The van der Waals surface area contributed by atoms with Gasteiger partial charge in [0.1, 0.15) is 12.4 Å². The summed E-state index contributed by atoms with van der Waals surface area (Å²) < 4.78 is 1.78. The summed E-state index contributed by atoms with van der Waals surface area (Å²) >= 11 is 0. The highest BCUT2D eigenvalue weighted by Crippen LogP contribution is 2.34. The molecule has 0 saturated heterocycles. The molecule has 1 heterocycles. The van der Waals surface area contributed by atoms with Crippen molar-refractivity contribution < 1.29 is 9.59 Å². The average Bonchev–Trinajstić information content (AvgIpc) is 3.57. The molecule has 2 amide bonds. The molecule has 1 aliphatic carbocycles. The van der Waals surface area contributed by atoms with Crippen molar-refractivity contribution in [3.63, 3.8) is 0 Å². The minimum absolute atomic E-state index is 0.0271. The van der Waals surface area contributed by atoms with E-state index in [0.717, 1.165) is 40.9 Å². The highest BCUT2D eigenvalue weighted by Gasteiger charge is 2.35. The van der Waals surface area contributed by atoms with E-state index in [4.69, 9.17) is 5.10 Å². The van der Waals surface area contributed by atoms with E-state index in [-0.39, 0.29) is 30.3 Å². The molecule has 1 aliphatic rings. The third-order valence-electron chi connectivity index (χ3n) is 5.81. The van der Waals surface area contributed by atoms with Crippen molar-refractivity contribution in [3.05, 3.63) is 65.9 Å². The van der Waals surface area contributed by atoms with Crippen molar-refractivity contribution in [2.75, 3.05) is 11.9 Å². The normalized spacial score (nSPS) is 13.3. The number of hydrogen-bond acceptors (Lipinski definition) is 3. The zero-order valence-electron chi connectivity index (χ0n) is 19.1. The van der Waals surface area contributed by atoms with E-state index in [1.54, 1.807) is 9.58 Å². The van der Waals surface area contributed by atoms with Crippen LogP contribution in [0, 0.1) is 19.8 Å². The third kappa shape index (κ3) is 4.59. The molecule has 0 bridgehead atoms. The van der Waals surface area contributed by atoms with Crippen LogP contribution in [0.4, 0.5) is 5.82 Å². The van der Waals surface area contributed by atoms with Gasteiger partial charge in [-0.25, -0.2) is 4.68 Å². The van der Waals surface area contributed by atoms with Crippen molar-refractivity contribution in [3.8, 4) is 16.8 Å². The number of benzene rings is 2. The summed E-state index contributed by atoms with van der Waals surface area (Å²) in [6, 6.07) is 17.9. The van der Waals surface area contributed by atoms with E-state index in [0.29, 0.717) is 5.82 Å². The summed E-state index contributed by atoms with van der Waals surface area (Å²) in [4.78, 5) is 27.5. The summed E-state index contributed by atoms with van der Waals surface area (Å²) in [5.74, 6) is 0.537. The Morgan fingerprint density at radius 1 is 1.06 bits per heavy atom. The SMILES string of the molecule is Cc1ccc(-n2nc(C)c(-c3ccccc3)c2NC(=O)CN(C(=O)C2CC2)C(C)C)cc1. The lowest BCUT2D eigenvalue weighted by molar-refractivity contribution is -0.137. The minimum atomic E-state index is -0.224. The van der Waals surface area contributed by atoms with Crippen LogP contribution in [-0.2, 0) is 9.59 Å². The monoisotopic (exact) mass is 430 g/mol. The maximum atomic E-state index is 13.2. The highest BCUT2D eigenvalue weighted by molar-refractivity contribution is 5.98. The molecule has 166 valence electrons. The molecule has 1 fully saturated rings. The molecule has 4 rings (SSSR count). The van der Waals surface area contributed by atoms with Crippen molar-refractivity contribution >= 4 is 17.6 Å². The molecule has 0 radical (unpaired) electrons. The van der Waals surface area contributed by atoms with Crippen LogP contribution < -0.4 is 5.32 Å². The van der Waals surface area contributed by atoms with Gasteiger partial charge in [-0.15, -0.1) is 0 Å². The first-order valence-electron chi connectivity index (χ1n) is 11.2. The summed E-state index contributed by atoms with van der Waals surface area (Å²) in [5.41, 5.74) is 4.70. The molecule has 3 aromatic rings. The maximum absolute atomic E-state index is 13.2. The Morgan fingerprint density at radius 2 is 1.72 bits per heavy atom. The standard InChI is InChI=1S/C26H30N4O2/c1-17(2)29(26(32)21-12-13-21)16-23(31)27-25-24(20-8-6-5-7-9-20)19(4)28-30(25)22-14-10-18(3)11-15-22/h5-11,14-15,17,21H,12-13,16H2,1-4H3,(H,27,31). The Labute approximate surface area is 189 Å². The first kappa shape index (κ1) is 21.8. The van der Waals surface area contributed by atoms with Gasteiger partial charge < -0.3 is 10.2 Å². The molecule has 1 aromatic heterocycles. The van der Waals surface area contributed by atoms with E-state index in [1.165, 1.54) is 0 Å². The van der Waals surface area contributed by atoms with Crippen LogP contribution in [0.15, 0.2) is 54.6 Å².